The Morgan fingerprint density at radius 1 is 1.24 bits per heavy atom. The Morgan fingerprint density at radius 2 is 2.03 bits per heavy atom. The van der Waals surface area contributed by atoms with Gasteiger partial charge in [-0.3, -0.25) is 9.58 Å². The average molecular weight is 396 g/mol. The number of nitrogens with zero attached hydrogens (tertiary/aromatic N) is 5. The molecule has 154 valence electrons. The Bertz CT molecular complexity index is 1000. The lowest BCUT2D eigenvalue weighted by molar-refractivity contribution is -0.231. The molecule has 0 spiro atoms. The first kappa shape index (κ1) is 18.6. The Hall–Kier alpha value is -2.42. The highest BCUT2D eigenvalue weighted by molar-refractivity contribution is 5.97. The number of nitrogens with one attached hydrogen (secondary N) is 1. The van der Waals surface area contributed by atoms with Gasteiger partial charge in [-0.05, 0) is 37.8 Å². The van der Waals surface area contributed by atoms with Crippen molar-refractivity contribution in [1.29, 1.82) is 0 Å². The summed E-state index contributed by atoms with van der Waals surface area (Å²) in [5.74, 6) is 0. The molecule has 8 nitrogen and oxygen atoms in total. The van der Waals surface area contributed by atoms with Crippen LogP contribution in [0.1, 0.15) is 24.8 Å². The highest BCUT2D eigenvalue weighted by atomic mass is 16.6. The van der Waals surface area contributed by atoms with Crippen molar-refractivity contribution in [2.24, 2.45) is 7.05 Å². The van der Waals surface area contributed by atoms with E-state index in [4.69, 9.17) is 4.74 Å². The predicted octanol–water partition coefficient (Wildman–Crippen LogP) is 2.24. The highest BCUT2D eigenvalue weighted by Crippen LogP contribution is 2.35. The summed E-state index contributed by atoms with van der Waals surface area (Å²) in [5, 5.41) is 15.8. The van der Waals surface area contributed by atoms with Crippen molar-refractivity contribution < 1.29 is 9.84 Å². The van der Waals surface area contributed by atoms with Crippen molar-refractivity contribution in [2.45, 2.75) is 38.7 Å². The third-order valence-electron chi connectivity index (χ3n) is 6.25. The van der Waals surface area contributed by atoms with Crippen molar-refractivity contribution >= 4 is 16.7 Å². The second kappa shape index (κ2) is 7.44. The van der Waals surface area contributed by atoms with Crippen LogP contribution in [0.25, 0.3) is 22.3 Å². The van der Waals surface area contributed by atoms with E-state index in [0.29, 0.717) is 0 Å². The number of aromatic nitrogens is 4. The summed E-state index contributed by atoms with van der Waals surface area (Å²) in [5.41, 5.74) is 5.40. The topological polar surface area (TPSA) is 82.4 Å². The Morgan fingerprint density at radius 3 is 2.69 bits per heavy atom. The first-order valence-corrected chi connectivity index (χ1v) is 10.4. The van der Waals surface area contributed by atoms with Crippen LogP contribution >= 0.6 is 0 Å². The van der Waals surface area contributed by atoms with Crippen molar-refractivity contribution in [2.75, 3.05) is 31.1 Å². The van der Waals surface area contributed by atoms with Crippen LogP contribution in [0.3, 0.4) is 0 Å². The lowest BCUT2D eigenvalue weighted by Gasteiger charge is -2.40. The highest BCUT2D eigenvalue weighted by Gasteiger charge is 2.28. The van der Waals surface area contributed by atoms with E-state index < -0.39 is 6.41 Å². The summed E-state index contributed by atoms with van der Waals surface area (Å²) >= 11 is 0. The Kier molecular flexibility index (Phi) is 4.77. The quantitative estimate of drug-likeness (QED) is 0.644. The van der Waals surface area contributed by atoms with Gasteiger partial charge in [0.25, 0.3) is 0 Å². The average Bonchev–Trinajstić information content (AvgIpc) is 3.28. The van der Waals surface area contributed by atoms with Gasteiger partial charge in [-0.15, -0.1) is 0 Å². The molecular weight excluding hydrogens is 368 g/mol. The van der Waals surface area contributed by atoms with E-state index in [1.807, 2.05) is 35.2 Å². The summed E-state index contributed by atoms with van der Waals surface area (Å²) in [6.07, 6.45) is 8.54. The van der Waals surface area contributed by atoms with Crippen LogP contribution < -0.4 is 4.90 Å². The van der Waals surface area contributed by atoms with Crippen molar-refractivity contribution in [1.82, 2.24) is 24.6 Å². The van der Waals surface area contributed by atoms with E-state index in [-0.39, 0.29) is 6.10 Å². The number of anilines is 1. The van der Waals surface area contributed by atoms with E-state index in [2.05, 4.69) is 33.0 Å². The molecule has 3 aromatic heterocycles. The number of aliphatic hydroxyl groups excluding tert-OH is 1. The molecule has 4 heterocycles. The third kappa shape index (κ3) is 3.41. The molecule has 1 aliphatic heterocycles. The molecule has 8 heteroatoms. The number of fused-ring (bicyclic) bond motifs is 1. The van der Waals surface area contributed by atoms with Crippen molar-refractivity contribution in [3.63, 3.8) is 0 Å². The molecule has 2 aliphatic rings. The summed E-state index contributed by atoms with van der Waals surface area (Å²) in [6.45, 7) is 5.38. The Labute approximate surface area is 170 Å². The Balaban J connectivity index is 1.36. The molecule has 0 radical (unpaired) electrons. The number of hydrogen-bond donors (Lipinski definition) is 2. The zero-order valence-corrected chi connectivity index (χ0v) is 17.0. The number of aliphatic hydroxyl groups is 1. The maximum Gasteiger partial charge on any atom is 0.216 e. The number of piperazine rings is 1. The number of H-pyrrole nitrogens is 1. The van der Waals surface area contributed by atoms with E-state index >= 15 is 0 Å². The molecular formula is C21H28N6O2. The lowest BCUT2D eigenvalue weighted by atomic mass is 9.96. The van der Waals surface area contributed by atoms with Gasteiger partial charge in [0.05, 0.1) is 18.0 Å². The van der Waals surface area contributed by atoms with E-state index in [1.165, 1.54) is 17.7 Å². The molecule has 1 saturated heterocycles. The summed E-state index contributed by atoms with van der Waals surface area (Å²) in [6, 6.07) is 2.09. The fourth-order valence-electron chi connectivity index (χ4n) is 4.30. The van der Waals surface area contributed by atoms with Crippen LogP contribution in [0, 0.1) is 6.92 Å². The molecule has 0 bridgehead atoms. The van der Waals surface area contributed by atoms with Crippen LogP contribution in [-0.4, -0.2) is 68.5 Å². The minimum atomic E-state index is -0.786. The van der Waals surface area contributed by atoms with Gasteiger partial charge in [0.15, 0.2) is 0 Å². The van der Waals surface area contributed by atoms with E-state index in [0.717, 1.165) is 61.3 Å². The second-order valence-electron chi connectivity index (χ2n) is 8.12. The third-order valence-corrected chi connectivity index (χ3v) is 6.25. The molecule has 0 amide bonds. The van der Waals surface area contributed by atoms with Crippen LogP contribution in [0.5, 0.6) is 0 Å². The maximum atomic E-state index is 10.4. The van der Waals surface area contributed by atoms with Crippen LogP contribution in [0.15, 0.2) is 24.7 Å². The first-order chi connectivity index (χ1) is 14.1. The molecule has 2 N–H and O–H groups in total. The molecule has 2 fully saturated rings. The van der Waals surface area contributed by atoms with Crippen LogP contribution in [0.2, 0.25) is 0 Å². The molecule has 5 rings (SSSR count). The molecule has 0 aromatic carbocycles. The van der Waals surface area contributed by atoms with Gasteiger partial charge >= 0.3 is 0 Å². The zero-order chi connectivity index (χ0) is 20.0. The second-order valence-corrected chi connectivity index (χ2v) is 8.12. The molecule has 1 atom stereocenters. The van der Waals surface area contributed by atoms with Gasteiger partial charge < -0.3 is 19.7 Å². The standard InChI is InChI=1S/C21H28N6O2/c1-14-18-17(6-7-22-20(18)24-19(14)15-12-23-25(2)13-15)26-8-10-27(11-9-26)21(28)29-16-4-3-5-16/h6-7,12-13,16,21,28H,3-5,8-11H2,1-2H3,(H,22,24). The van der Waals surface area contributed by atoms with Gasteiger partial charge in [0.1, 0.15) is 5.65 Å². The number of rotatable bonds is 5. The predicted molar refractivity (Wildman–Crippen MR) is 112 cm³/mol. The summed E-state index contributed by atoms with van der Waals surface area (Å²) < 4.78 is 7.56. The fourth-order valence-corrected chi connectivity index (χ4v) is 4.30. The molecule has 1 unspecified atom stereocenters. The summed E-state index contributed by atoms with van der Waals surface area (Å²) in [4.78, 5) is 12.4. The van der Waals surface area contributed by atoms with Gasteiger partial charge in [0, 0.05) is 62.3 Å². The van der Waals surface area contributed by atoms with Crippen molar-refractivity contribution in [3.8, 4) is 11.3 Å². The molecule has 1 saturated carbocycles. The summed E-state index contributed by atoms with van der Waals surface area (Å²) in [7, 11) is 1.92. The van der Waals surface area contributed by atoms with Crippen LogP contribution in [0.4, 0.5) is 5.69 Å². The minimum Gasteiger partial charge on any atom is -0.368 e. The molecule has 29 heavy (non-hydrogen) atoms. The molecule has 1 aliphatic carbocycles. The SMILES string of the molecule is Cc1c(-c2cnn(C)c2)[nH]c2nccc(N3CCN(C(O)OC4CCC4)CC3)c12. The van der Waals surface area contributed by atoms with Crippen LogP contribution in [-0.2, 0) is 11.8 Å². The zero-order valence-electron chi connectivity index (χ0n) is 17.0. The normalized spacial score (nSPS) is 19.6. The van der Waals surface area contributed by atoms with E-state index in [9.17, 15) is 5.11 Å². The monoisotopic (exact) mass is 396 g/mol. The number of hydrogen-bond acceptors (Lipinski definition) is 6. The van der Waals surface area contributed by atoms with Gasteiger partial charge in [-0.1, -0.05) is 0 Å². The fraction of sp³-hybridized carbons (Fsp3) is 0.524. The van der Waals surface area contributed by atoms with E-state index in [1.54, 1.807) is 0 Å². The smallest absolute Gasteiger partial charge is 0.216 e. The number of aromatic amines is 1. The number of ether oxygens (including phenoxy) is 1. The lowest BCUT2D eigenvalue weighted by Crippen LogP contribution is -2.52. The maximum absolute atomic E-state index is 10.4. The minimum absolute atomic E-state index is 0.233. The number of pyridine rings is 1. The van der Waals surface area contributed by atoms with Gasteiger partial charge in [0.2, 0.25) is 6.41 Å². The number of aryl methyl sites for hydroxylation is 2. The van der Waals surface area contributed by atoms with Crippen molar-refractivity contribution in [3.05, 3.63) is 30.2 Å². The molecule has 3 aromatic rings. The largest absolute Gasteiger partial charge is 0.368 e. The van der Waals surface area contributed by atoms with Gasteiger partial charge in [-0.2, -0.15) is 5.10 Å². The first-order valence-electron chi connectivity index (χ1n) is 10.4. The van der Waals surface area contributed by atoms with Gasteiger partial charge in [-0.25, -0.2) is 4.98 Å².